The van der Waals surface area contributed by atoms with E-state index in [1.165, 1.54) is 5.56 Å². The van der Waals surface area contributed by atoms with E-state index in [2.05, 4.69) is 21.7 Å². The number of hydrogen-bond donors (Lipinski definition) is 3. The van der Waals surface area contributed by atoms with Crippen LogP contribution in [0.1, 0.15) is 49.7 Å². The smallest absolute Gasteiger partial charge is 0.268 e. The summed E-state index contributed by atoms with van der Waals surface area (Å²) >= 11 is 0. The number of anilines is 1. The molecule has 3 amide bonds. The number of carbonyl (C=O) groups is 3. The highest BCUT2D eigenvalue weighted by Gasteiger charge is 2.52. The molecule has 8 nitrogen and oxygen atoms in total. The largest absolute Gasteiger partial charge is 0.373 e. The third-order valence-electron chi connectivity index (χ3n) is 8.33. The number of likely N-dealkylation sites (tertiary alicyclic amines) is 2. The molecule has 0 radical (unpaired) electrons. The Morgan fingerprint density at radius 1 is 1.00 bits per heavy atom. The Morgan fingerprint density at radius 3 is 2.53 bits per heavy atom. The number of carbonyl (C=O) groups excluding carboxylic acids is 3. The number of para-hydroxylation sites is 2. The van der Waals surface area contributed by atoms with Crippen LogP contribution in [0.25, 0.3) is 10.9 Å². The van der Waals surface area contributed by atoms with Crippen LogP contribution in [0.3, 0.4) is 0 Å². The maximum absolute atomic E-state index is 13.8. The van der Waals surface area contributed by atoms with Crippen molar-refractivity contribution in [3.63, 3.8) is 0 Å². The van der Waals surface area contributed by atoms with Crippen LogP contribution in [0.4, 0.5) is 5.69 Å². The minimum atomic E-state index is -0.681. The summed E-state index contributed by atoms with van der Waals surface area (Å²) in [7, 11) is 0. The highest BCUT2D eigenvalue weighted by Crippen LogP contribution is 2.36. The van der Waals surface area contributed by atoms with Crippen LogP contribution in [-0.2, 0) is 16.0 Å². The van der Waals surface area contributed by atoms with Gasteiger partial charge in [0.05, 0.1) is 12.1 Å². The van der Waals surface area contributed by atoms with Crippen LogP contribution >= 0.6 is 0 Å². The van der Waals surface area contributed by atoms with Gasteiger partial charge in [0.2, 0.25) is 11.8 Å². The van der Waals surface area contributed by atoms with Gasteiger partial charge in [0.1, 0.15) is 17.8 Å². The van der Waals surface area contributed by atoms with E-state index in [0.717, 1.165) is 36.0 Å². The lowest BCUT2D eigenvalue weighted by molar-refractivity contribution is -0.162. The molecule has 2 aromatic carbocycles. The Morgan fingerprint density at radius 2 is 1.76 bits per heavy atom. The highest BCUT2D eigenvalue weighted by atomic mass is 16.2. The fraction of sp³-hybridized carbons (Fsp3) is 0.433. The van der Waals surface area contributed by atoms with Crippen molar-refractivity contribution < 1.29 is 14.4 Å². The van der Waals surface area contributed by atoms with E-state index in [1.807, 2.05) is 79.1 Å². The van der Waals surface area contributed by atoms with Crippen LogP contribution in [0, 0.1) is 5.41 Å². The molecule has 3 aliphatic heterocycles. The first-order chi connectivity index (χ1) is 18.2. The SMILES string of the molecule is CC(C)(C)[C@H](NC(=O)c1cc2ccccc2[nH]1)C(=O)N1C[C@@H]2C1CCCN2C(=O)C1Cc2ccccc2N1. The maximum atomic E-state index is 13.8. The summed E-state index contributed by atoms with van der Waals surface area (Å²) in [6, 6.07) is 16.7. The Labute approximate surface area is 222 Å². The van der Waals surface area contributed by atoms with Crippen molar-refractivity contribution in [2.75, 3.05) is 18.4 Å². The van der Waals surface area contributed by atoms with Crippen molar-refractivity contribution >= 4 is 34.3 Å². The monoisotopic (exact) mass is 513 g/mol. The minimum Gasteiger partial charge on any atom is -0.373 e. The van der Waals surface area contributed by atoms with Crippen molar-refractivity contribution in [3.8, 4) is 0 Å². The molecule has 3 aliphatic rings. The van der Waals surface area contributed by atoms with Gasteiger partial charge < -0.3 is 25.4 Å². The van der Waals surface area contributed by atoms with Crippen molar-refractivity contribution in [2.24, 2.45) is 5.41 Å². The number of rotatable bonds is 4. The third-order valence-corrected chi connectivity index (χ3v) is 8.33. The van der Waals surface area contributed by atoms with Gasteiger partial charge in [-0.25, -0.2) is 0 Å². The van der Waals surface area contributed by atoms with E-state index >= 15 is 0 Å². The fourth-order valence-electron chi connectivity index (χ4n) is 6.21. The van der Waals surface area contributed by atoms with E-state index in [0.29, 0.717) is 18.7 Å². The number of nitrogens with zero attached hydrogens (tertiary/aromatic N) is 2. The maximum Gasteiger partial charge on any atom is 0.268 e. The van der Waals surface area contributed by atoms with Gasteiger partial charge in [-0.2, -0.15) is 0 Å². The number of fused-ring (bicyclic) bond motifs is 3. The first-order valence-electron chi connectivity index (χ1n) is 13.5. The quantitative estimate of drug-likeness (QED) is 0.497. The fourth-order valence-corrected chi connectivity index (χ4v) is 6.21. The van der Waals surface area contributed by atoms with Crippen molar-refractivity contribution in [1.82, 2.24) is 20.1 Å². The number of nitrogens with one attached hydrogen (secondary N) is 3. The molecule has 0 spiro atoms. The molecule has 3 aromatic rings. The summed E-state index contributed by atoms with van der Waals surface area (Å²) in [5.74, 6) is -0.259. The second-order valence-electron chi connectivity index (χ2n) is 11.9. The molecule has 4 heterocycles. The number of aromatic nitrogens is 1. The van der Waals surface area contributed by atoms with Gasteiger partial charge in [-0.1, -0.05) is 57.2 Å². The predicted molar refractivity (Wildman–Crippen MR) is 147 cm³/mol. The average Bonchev–Trinajstić information content (AvgIpc) is 3.51. The molecule has 2 saturated heterocycles. The summed E-state index contributed by atoms with van der Waals surface area (Å²) in [6.45, 7) is 7.13. The second-order valence-corrected chi connectivity index (χ2v) is 11.9. The first-order valence-corrected chi connectivity index (χ1v) is 13.5. The van der Waals surface area contributed by atoms with E-state index in [4.69, 9.17) is 0 Å². The molecule has 3 N–H and O–H groups in total. The Hall–Kier alpha value is -3.81. The van der Waals surface area contributed by atoms with Crippen LogP contribution in [0.15, 0.2) is 54.6 Å². The Bertz CT molecular complexity index is 1350. The molecule has 0 aliphatic carbocycles. The van der Waals surface area contributed by atoms with Gasteiger partial charge >= 0.3 is 0 Å². The van der Waals surface area contributed by atoms with E-state index < -0.39 is 11.5 Å². The molecule has 1 aromatic heterocycles. The van der Waals surface area contributed by atoms with Gasteiger partial charge in [0, 0.05) is 36.1 Å². The summed E-state index contributed by atoms with van der Waals surface area (Å²) in [6.07, 6.45) is 2.42. The van der Waals surface area contributed by atoms with Crippen molar-refractivity contribution in [3.05, 3.63) is 65.9 Å². The summed E-state index contributed by atoms with van der Waals surface area (Å²) < 4.78 is 0. The van der Waals surface area contributed by atoms with Crippen molar-refractivity contribution in [1.29, 1.82) is 0 Å². The Balaban J connectivity index is 1.14. The summed E-state index contributed by atoms with van der Waals surface area (Å²) in [5, 5.41) is 7.36. The number of H-pyrrole nitrogens is 1. The molecule has 4 atom stereocenters. The van der Waals surface area contributed by atoms with E-state index in [-0.39, 0.29) is 35.8 Å². The zero-order valence-electron chi connectivity index (χ0n) is 22.2. The zero-order valence-corrected chi connectivity index (χ0v) is 22.2. The second kappa shape index (κ2) is 9.19. The van der Waals surface area contributed by atoms with Gasteiger partial charge in [-0.3, -0.25) is 14.4 Å². The molecule has 198 valence electrons. The minimum absolute atomic E-state index is 0.0150. The van der Waals surface area contributed by atoms with Crippen LogP contribution < -0.4 is 10.6 Å². The standard InChI is InChI=1S/C30H35N5O3/c1-30(2,3)26(33-27(36)22-15-18-9-4-6-11-20(18)31-22)29(38)35-17-25-24(35)13-8-14-34(25)28(37)23-16-19-10-5-7-12-21(19)32-23/h4-7,9-12,15,23-26,31-32H,8,13-14,16-17H2,1-3H3,(H,33,36)/t23?,24?,25-,26-/m1/s1. The normalized spacial score (nSPS) is 23.2. The lowest BCUT2D eigenvalue weighted by Crippen LogP contribution is -2.74. The highest BCUT2D eigenvalue weighted by molar-refractivity contribution is 6.00. The molecule has 6 rings (SSSR count). The number of aromatic amines is 1. The van der Waals surface area contributed by atoms with Gasteiger partial charge in [-0.05, 0) is 42.0 Å². The van der Waals surface area contributed by atoms with Crippen LogP contribution in [0.2, 0.25) is 0 Å². The number of hydrogen-bond acceptors (Lipinski definition) is 4. The number of amides is 3. The molecule has 2 unspecified atom stereocenters. The number of piperidine rings is 1. The van der Waals surface area contributed by atoms with Gasteiger partial charge in [0.15, 0.2) is 0 Å². The van der Waals surface area contributed by atoms with Crippen molar-refractivity contribution in [2.45, 2.75) is 64.2 Å². The topological polar surface area (TPSA) is 97.5 Å². The lowest BCUT2D eigenvalue weighted by atomic mass is 9.81. The first kappa shape index (κ1) is 24.5. The summed E-state index contributed by atoms with van der Waals surface area (Å²) in [5.41, 5.74) is 3.04. The van der Waals surface area contributed by atoms with Gasteiger partial charge in [-0.15, -0.1) is 0 Å². The van der Waals surface area contributed by atoms with E-state index in [1.54, 1.807) is 0 Å². The van der Waals surface area contributed by atoms with Crippen LogP contribution in [-0.4, -0.2) is 69.8 Å². The molecule has 8 heteroatoms. The molecular weight excluding hydrogens is 478 g/mol. The number of benzene rings is 2. The average molecular weight is 514 g/mol. The predicted octanol–water partition coefficient (Wildman–Crippen LogP) is 3.55. The van der Waals surface area contributed by atoms with Crippen LogP contribution in [0.5, 0.6) is 0 Å². The molecular formula is C30H35N5O3. The summed E-state index contributed by atoms with van der Waals surface area (Å²) in [4.78, 5) is 47.6. The molecule has 38 heavy (non-hydrogen) atoms. The molecule has 2 fully saturated rings. The third kappa shape index (κ3) is 4.22. The zero-order chi connectivity index (χ0) is 26.6. The van der Waals surface area contributed by atoms with E-state index in [9.17, 15) is 14.4 Å². The molecule has 0 saturated carbocycles. The van der Waals surface area contributed by atoms with Gasteiger partial charge in [0.25, 0.3) is 5.91 Å². The Kier molecular flexibility index (Phi) is 5.93. The lowest BCUT2D eigenvalue weighted by Gasteiger charge is -2.57. The molecule has 0 bridgehead atoms.